The van der Waals surface area contributed by atoms with Gasteiger partial charge in [-0.1, -0.05) is 68.0 Å². The molecule has 0 heterocycles. The molecule has 0 aliphatic heterocycles. The highest BCUT2D eigenvalue weighted by Crippen LogP contribution is 2.32. The number of hydrogen-bond acceptors (Lipinski definition) is 0. The van der Waals surface area contributed by atoms with Gasteiger partial charge in [0.25, 0.3) is 0 Å². The normalized spacial score (nSPS) is 12.7. The molecule has 0 saturated carbocycles. The molecule has 2 aromatic rings. The van der Waals surface area contributed by atoms with Crippen molar-refractivity contribution in [2.75, 3.05) is 0 Å². The molecular formula is C19H19. The number of hydrogen-bond donors (Lipinski definition) is 0. The standard InChI is InChI=1S/C19H19/c1-2-3-6-15-11-13-17(14-12-15)19-10-5-8-16-7-4-9-18(16)19/h4-5,7-14H,2-3,6H2,1H3. The monoisotopic (exact) mass is 247 g/mol. The van der Waals surface area contributed by atoms with E-state index in [0.717, 1.165) is 0 Å². The van der Waals surface area contributed by atoms with E-state index in [2.05, 4.69) is 68.0 Å². The number of aryl methyl sites for hydroxylation is 1. The summed E-state index contributed by atoms with van der Waals surface area (Å²) < 4.78 is 0. The number of allylic oxidation sites excluding steroid dienone is 1. The number of benzene rings is 2. The van der Waals surface area contributed by atoms with Crippen molar-refractivity contribution in [2.24, 2.45) is 0 Å². The third-order valence-electron chi connectivity index (χ3n) is 3.76. The van der Waals surface area contributed by atoms with Gasteiger partial charge in [-0.3, -0.25) is 0 Å². The van der Waals surface area contributed by atoms with Gasteiger partial charge in [0.15, 0.2) is 0 Å². The van der Waals surface area contributed by atoms with E-state index in [1.54, 1.807) is 0 Å². The van der Waals surface area contributed by atoms with Crippen LogP contribution in [-0.2, 0) is 6.42 Å². The van der Waals surface area contributed by atoms with Gasteiger partial charge in [0.1, 0.15) is 0 Å². The molecule has 2 aromatic carbocycles. The maximum absolute atomic E-state index is 2.27. The van der Waals surface area contributed by atoms with E-state index in [4.69, 9.17) is 0 Å². The molecule has 0 saturated heterocycles. The second-order valence-electron chi connectivity index (χ2n) is 5.13. The van der Waals surface area contributed by atoms with Crippen LogP contribution in [0.3, 0.4) is 0 Å². The Hall–Kier alpha value is -1.82. The van der Waals surface area contributed by atoms with E-state index in [9.17, 15) is 0 Å². The minimum absolute atomic E-state index is 1.19. The molecule has 0 spiro atoms. The maximum atomic E-state index is 2.27. The van der Waals surface area contributed by atoms with Crippen LogP contribution in [0.25, 0.3) is 17.2 Å². The smallest absolute Gasteiger partial charge is 0.0131 e. The summed E-state index contributed by atoms with van der Waals surface area (Å²) in [4.78, 5) is 0. The van der Waals surface area contributed by atoms with E-state index in [1.165, 1.54) is 47.1 Å². The Morgan fingerprint density at radius 3 is 2.58 bits per heavy atom. The fourth-order valence-electron chi connectivity index (χ4n) is 2.65. The van der Waals surface area contributed by atoms with Crippen LogP contribution < -0.4 is 0 Å². The average molecular weight is 247 g/mol. The molecule has 0 N–H and O–H groups in total. The highest BCUT2D eigenvalue weighted by atomic mass is 14.1. The van der Waals surface area contributed by atoms with E-state index in [0.29, 0.717) is 0 Å². The van der Waals surface area contributed by atoms with Crippen LogP contribution >= 0.6 is 0 Å². The zero-order chi connectivity index (χ0) is 13.1. The highest BCUT2D eigenvalue weighted by Gasteiger charge is 2.10. The quantitative estimate of drug-likeness (QED) is 0.690. The second kappa shape index (κ2) is 5.44. The van der Waals surface area contributed by atoms with Gasteiger partial charge in [-0.2, -0.15) is 0 Å². The van der Waals surface area contributed by atoms with Crippen molar-refractivity contribution in [3.8, 4) is 11.1 Å². The van der Waals surface area contributed by atoms with Gasteiger partial charge in [0.05, 0.1) is 0 Å². The first-order valence-electron chi connectivity index (χ1n) is 7.12. The minimum atomic E-state index is 1.19. The van der Waals surface area contributed by atoms with Crippen LogP contribution in [0, 0.1) is 6.42 Å². The number of unbranched alkanes of at least 4 members (excludes halogenated alkanes) is 1. The summed E-state index contributed by atoms with van der Waals surface area (Å²) >= 11 is 0. The SMILES string of the molecule is CCCCc1ccc(-c2cccc3c2C=C[CH]3)cc1. The Morgan fingerprint density at radius 1 is 0.947 bits per heavy atom. The zero-order valence-corrected chi connectivity index (χ0v) is 11.4. The van der Waals surface area contributed by atoms with Crippen molar-refractivity contribution < 1.29 is 0 Å². The Labute approximate surface area is 115 Å². The summed E-state index contributed by atoms with van der Waals surface area (Å²) in [6.45, 7) is 2.24. The molecule has 0 unspecified atom stereocenters. The Morgan fingerprint density at radius 2 is 1.79 bits per heavy atom. The van der Waals surface area contributed by atoms with Crippen molar-refractivity contribution >= 4 is 6.08 Å². The molecule has 0 nitrogen and oxygen atoms in total. The molecule has 0 atom stereocenters. The first-order chi connectivity index (χ1) is 9.38. The summed E-state index contributed by atoms with van der Waals surface area (Å²) in [6, 6.07) is 15.6. The molecule has 0 fully saturated rings. The van der Waals surface area contributed by atoms with Crippen LogP contribution in [0.4, 0.5) is 0 Å². The maximum Gasteiger partial charge on any atom is 0.0131 e. The molecule has 0 aromatic heterocycles. The highest BCUT2D eigenvalue weighted by molar-refractivity contribution is 5.81. The fourth-order valence-corrected chi connectivity index (χ4v) is 2.65. The average Bonchev–Trinajstić information content (AvgIpc) is 2.94. The predicted molar refractivity (Wildman–Crippen MR) is 82.9 cm³/mol. The molecule has 0 amide bonds. The Bertz CT molecular complexity index is 588. The largest absolute Gasteiger partial charge is 0.0754 e. The molecule has 1 aliphatic carbocycles. The third-order valence-corrected chi connectivity index (χ3v) is 3.76. The van der Waals surface area contributed by atoms with Crippen LogP contribution in [-0.4, -0.2) is 0 Å². The lowest BCUT2D eigenvalue weighted by atomic mass is 9.96. The molecule has 1 radical (unpaired) electrons. The topological polar surface area (TPSA) is 0 Å². The van der Waals surface area contributed by atoms with Crippen molar-refractivity contribution in [1.29, 1.82) is 0 Å². The first kappa shape index (κ1) is 12.2. The summed E-state index contributed by atoms with van der Waals surface area (Å²) in [5.74, 6) is 0. The fraction of sp³-hybridized carbons (Fsp3) is 0.211. The molecular weight excluding hydrogens is 228 g/mol. The van der Waals surface area contributed by atoms with Crippen molar-refractivity contribution in [3.05, 3.63) is 71.7 Å². The minimum Gasteiger partial charge on any atom is -0.0754 e. The van der Waals surface area contributed by atoms with Crippen LogP contribution in [0.5, 0.6) is 0 Å². The summed E-state index contributed by atoms with van der Waals surface area (Å²) in [6.07, 6.45) is 10.2. The van der Waals surface area contributed by atoms with E-state index < -0.39 is 0 Å². The molecule has 95 valence electrons. The Kier molecular flexibility index (Phi) is 3.50. The van der Waals surface area contributed by atoms with Crippen LogP contribution in [0.15, 0.2) is 48.5 Å². The van der Waals surface area contributed by atoms with Gasteiger partial charge in [0, 0.05) is 6.42 Å². The summed E-state index contributed by atoms with van der Waals surface area (Å²) in [5, 5.41) is 0. The lowest BCUT2D eigenvalue weighted by Crippen LogP contribution is -1.88. The first-order valence-corrected chi connectivity index (χ1v) is 7.12. The second-order valence-corrected chi connectivity index (χ2v) is 5.13. The van der Waals surface area contributed by atoms with Crippen molar-refractivity contribution in [3.63, 3.8) is 0 Å². The molecule has 1 aliphatic rings. The van der Waals surface area contributed by atoms with Crippen LogP contribution in [0.1, 0.15) is 36.5 Å². The molecule has 0 heteroatoms. The van der Waals surface area contributed by atoms with Crippen LogP contribution in [0.2, 0.25) is 0 Å². The van der Waals surface area contributed by atoms with E-state index >= 15 is 0 Å². The van der Waals surface area contributed by atoms with Gasteiger partial charge < -0.3 is 0 Å². The summed E-state index contributed by atoms with van der Waals surface area (Å²) in [7, 11) is 0. The summed E-state index contributed by atoms with van der Waals surface area (Å²) in [5.41, 5.74) is 6.78. The predicted octanol–water partition coefficient (Wildman–Crippen LogP) is 5.28. The lowest BCUT2D eigenvalue weighted by molar-refractivity contribution is 0.795. The van der Waals surface area contributed by atoms with Gasteiger partial charge >= 0.3 is 0 Å². The lowest BCUT2D eigenvalue weighted by Gasteiger charge is -2.09. The van der Waals surface area contributed by atoms with Gasteiger partial charge in [-0.15, -0.1) is 0 Å². The number of fused-ring (bicyclic) bond motifs is 1. The molecule has 19 heavy (non-hydrogen) atoms. The van der Waals surface area contributed by atoms with Gasteiger partial charge in [-0.25, -0.2) is 0 Å². The third kappa shape index (κ3) is 2.49. The zero-order valence-electron chi connectivity index (χ0n) is 11.4. The van der Waals surface area contributed by atoms with Crippen molar-refractivity contribution in [2.45, 2.75) is 26.2 Å². The Balaban J connectivity index is 1.91. The van der Waals surface area contributed by atoms with Gasteiger partial charge in [-0.05, 0) is 40.7 Å². The van der Waals surface area contributed by atoms with Crippen molar-refractivity contribution in [1.82, 2.24) is 0 Å². The molecule has 0 bridgehead atoms. The van der Waals surface area contributed by atoms with Gasteiger partial charge in [0.2, 0.25) is 0 Å². The van der Waals surface area contributed by atoms with E-state index in [-0.39, 0.29) is 0 Å². The molecule has 3 rings (SSSR count). The van der Waals surface area contributed by atoms with E-state index in [1.807, 2.05) is 0 Å². The number of rotatable bonds is 4.